The zero-order chi connectivity index (χ0) is 18.1. The summed E-state index contributed by atoms with van der Waals surface area (Å²) in [7, 11) is 2.01. The summed E-state index contributed by atoms with van der Waals surface area (Å²) in [5.74, 6) is 2.57. The molecule has 0 radical (unpaired) electrons. The largest absolute Gasteiger partial charge is 0.341 e. The minimum Gasteiger partial charge on any atom is -0.341 e. The number of aromatic nitrogens is 2. The van der Waals surface area contributed by atoms with E-state index in [9.17, 15) is 0 Å². The van der Waals surface area contributed by atoms with E-state index < -0.39 is 0 Å². The van der Waals surface area contributed by atoms with Crippen molar-refractivity contribution in [2.24, 2.45) is 11.8 Å². The lowest BCUT2D eigenvalue weighted by atomic mass is 10.0. The highest BCUT2D eigenvalue weighted by molar-refractivity contribution is 5.78. The Morgan fingerprint density at radius 3 is 2.04 bits per heavy atom. The third-order valence-electron chi connectivity index (χ3n) is 4.13. The Morgan fingerprint density at radius 2 is 1.50 bits per heavy atom. The van der Waals surface area contributed by atoms with Crippen molar-refractivity contribution >= 4 is 16.9 Å². The van der Waals surface area contributed by atoms with Gasteiger partial charge in [-0.2, -0.15) is 0 Å². The van der Waals surface area contributed by atoms with Crippen molar-refractivity contribution in [3.63, 3.8) is 0 Å². The molecule has 0 saturated carbocycles. The Labute approximate surface area is 148 Å². The van der Waals surface area contributed by atoms with E-state index in [0.29, 0.717) is 6.04 Å². The van der Waals surface area contributed by atoms with Gasteiger partial charge in [-0.15, -0.1) is 0 Å². The van der Waals surface area contributed by atoms with Crippen LogP contribution in [0.1, 0.15) is 60.8 Å². The standard InChI is InChI=1S/C12H15N3.C9H20/c1-9(2)15(3)12-13-8-10-6-4-5-7-11(10)14-12;1-8(2)6-5-7-9(3)4/h4-9H,1-3H3;8-9H,5-7H2,1-4H3. The van der Waals surface area contributed by atoms with Crippen molar-refractivity contribution in [3.8, 4) is 0 Å². The van der Waals surface area contributed by atoms with Crippen molar-refractivity contribution in [2.75, 3.05) is 11.9 Å². The molecule has 3 heteroatoms. The molecule has 0 aliphatic rings. The second-order valence-electron chi connectivity index (χ2n) is 7.65. The van der Waals surface area contributed by atoms with Crippen LogP contribution in [0.4, 0.5) is 5.95 Å². The first-order chi connectivity index (χ1) is 11.3. The van der Waals surface area contributed by atoms with Crippen LogP contribution in [0.15, 0.2) is 30.5 Å². The predicted octanol–water partition coefficient (Wildman–Crippen LogP) is 5.94. The van der Waals surface area contributed by atoms with Gasteiger partial charge in [0.15, 0.2) is 0 Å². The zero-order valence-electron chi connectivity index (χ0n) is 16.6. The molecule has 1 aromatic carbocycles. The number of anilines is 1. The summed E-state index contributed by atoms with van der Waals surface area (Å²) in [5.41, 5.74) is 0.995. The number of nitrogens with zero attached hydrogens (tertiary/aromatic N) is 3. The summed E-state index contributed by atoms with van der Waals surface area (Å²) in [5, 5.41) is 1.08. The van der Waals surface area contributed by atoms with Gasteiger partial charge in [0.1, 0.15) is 0 Å². The van der Waals surface area contributed by atoms with Gasteiger partial charge in [-0.25, -0.2) is 9.97 Å². The highest BCUT2D eigenvalue weighted by atomic mass is 15.2. The Morgan fingerprint density at radius 1 is 0.917 bits per heavy atom. The van der Waals surface area contributed by atoms with Crippen molar-refractivity contribution in [3.05, 3.63) is 30.5 Å². The fourth-order valence-corrected chi connectivity index (χ4v) is 2.30. The van der Waals surface area contributed by atoms with Gasteiger partial charge in [0.05, 0.1) is 5.52 Å². The molecule has 0 aliphatic carbocycles. The molecule has 0 aliphatic heterocycles. The lowest BCUT2D eigenvalue weighted by Gasteiger charge is -2.21. The molecule has 1 aromatic heterocycles. The van der Waals surface area contributed by atoms with Gasteiger partial charge in [0.2, 0.25) is 5.95 Å². The van der Waals surface area contributed by atoms with Crippen LogP contribution in [-0.4, -0.2) is 23.1 Å². The monoisotopic (exact) mass is 329 g/mol. The quantitative estimate of drug-likeness (QED) is 0.656. The Hall–Kier alpha value is -1.64. The van der Waals surface area contributed by atoms with E-state index >= 15 is 0 Å². The van der Waals surface area contributed by atoms with Gasteiger partial charge in [-0.05, 0) is 31.7 Å². The molecule has 24 heavy (non-hydrogen) atoms. The number of hydrogen-bond donors (Lipinski definition) is 0. The number of rotatable bonds is 6. The van der Waals surface area contributed by atoms with Gasteiger partial charge >= 0.3 is 0 Å². The minimum absolute atomic E-state index is 0.408. The SMILES string of the molecule is CC(C)CCCC(C)C.CC(C)N(C)c1ncc2ccccc2n1. The van der Waals surface area contributed by atoms with E-state index in [1.807, 2.05) is 37.5 Å². The maximum atomic E-state index is 4.51. The second kappa shape index (κ2) is 10.3. The van der Waals surface area contributed by atoms with Crippen molar-refractivity contribution in [1.82, 2.24) is 9.97 Å². The molecule has 2 aromatic rings. The van der Waals surface area contributed by atoms with Gasteiger partial charge in [0, 0.05) is 24.7 Å². The fraction of sp³-hybridized carbons (Fsp3) is 0.619. The summed E-state index contributed by atoms with van der Waals surface area (Å²) >= 11 is 0. The molecule has 2 rings (SSSR count). The number of hydrogen-bond acceptors (Lipinski definition) is 3. The van der Waals surface area contributed by atoms with E-state index in [1.165, 1.54) is 19.3 Å². The minimum atomic E-state index is 0.408. The molecule has 0 atom stereocenters. The first-order valence-electron chi connectivity index (χ1n) is 9.25. The molecule has 0 bridgehead atoms. The molecule has 3 nitrogen and oxygen atoms in total. The predicted molar refractivity (Wildman–Crippen MR) is 107 cm³/mol. The summed E-state index contributed by atoms with van der Waals surface area (Å²) in [6.07, 6.45) is 6.09. The highest BCUT2D eigenvalue weighted by Gasteiger charge is 2.07. The molecule has 0 unspecified atom stereocenters. The van der Waals surface area contributed by atoms with E-state index in [0.717, 1.165) is 28.7 Å². The smallest absolute Gasteiger partial charge is 0.225 e. The van der Waals surface area contributed by atoms with Crippen LogP contribution in [0.25, 0.3) is 10.9 Å². The molecule has 1 heterocycles. The van der Waals surface area contributed by atoms with Crippen molar-refractivity contribution in [1.29, 1.82) is 0 Å². The lowest BCUT2D eigenvalue weighted by Crippen LogP contribution is -2.27. The zero-order valence-corrected chi connectivity index (χ0v) is 16.6. The van der Waals surface area contributed by atoms with Gasteiger partial charge in [-0.1, -0.05) is 65.2 Å². The molecule has 0 spiro atoms. The van der Waals surface area contributed by atoms with Gasteiger partial charge in [0.25, 0.3) is 0 Å². The van der Waals surface area contributed by atoms with Crippen molar-refractivity contribution < 1.29 is 0 Å². The van der Waals surface area contributed by atoms with Crippen LogP contribution in [-0.2, 0) is 0 Å². The Kier molecular flexibility index (Phi) is 8.73. The van der Waals surface area contributed by atoms with Crippen LogP contribution in [0.3, 0.4) is 0 Å². The van der Waals surface area contributed by atoms with E-state index in [4.69, 9.17) is 0 Å². The van der Waals surface area contributed by atoms with E-state index in [1.54, 1.807) is 0 Å². The normalized spacial score (nSPS) is 11.1. The average Bonchev–Trinajstić information content (AvgIpc) is 2.53. The van der Waals surface area contributed by atoms with Gasteiger partial charge < -0.3 is 4.90 Å². The number of fused-ring (bicyclic) bond motifs is 1. The molecular formula is C21H35N3. The topological polar surface area (TPSA) is 29.0 Å². The number of para-hydroxylation sites is 1. The van der Waals surface area contributed by atoms with E-state index in [2.05, 4.69) is 56.4 Å². The third kappa shape index (κ3) is 7.29. The average molecular weight is 330 g/mol. The summed E-state index contributed by atoms with van der Waals surface area (Å²) in [6, 6.07) is 8.43. The molecule has 0 saturated heterocycles. The van der Waals surface area contributed by atoms with Crippen LogP contribution in [0, 0.1) is 11.8 Å². The highest BCUT2D eigenvalue weighted by Crippen LogP contribution is 2.15. The Balaban J connectivity index is 0.000000277. The molecule has 0 fully saturated rings. The maximum Gasteiger partial charge on any atom is 0.225 e. The second-order valence-corrected chi connectivity index (χ2v) is 7.65. The lowest BCUT2D eigenvalue weighted by molar-refractivity contribution is 0.480. The molecule has 0 amide bonds. The van der Waals surface area contributed by atoms with Crippen LogP contribution in [0.5, 0.6) is 0 Å². The molecule has 0 N–H and O–H groups in total. The first-order valence-corrected chi connectivity index (χ1v) is 9.25. The van der Waals surface area contributed by atoms with Gasteiger partial charge in [-0.3, -0.25) is 0 Å². The first kappa shape index (κ1) is 20.4. The van der Waals surface area contributed by atoms with Crippen LogP contribution >= 0.6 is 0 Å². The van der Waals surface area contributed by atoms with Crippen molar-refractivity contribution in [2.45, 2.75) is 66.8 Å². The maximum absolute atomic E-state index is 4.51. The third-order valence-corrected chi connectivity index (χ3v) is 4.13. The molecular weight excluding hydrogens is 294 g/mol. The summed E-state index contributed by atoms with van der Waals surface area (Å²) in [6.45, 7) is 13.4. The van der Waals surface area contributed by atoms with Crippen LogP contribution in [0.2, 0.25) is 0 Å². The van der Waals surface area contributed by atoms with E-state index in [-0.39, 0.29) is 0 Å². The molecule has 134 valence electrons. The Bertz CT molecular complexity index is 582. The summed E-state index contributed by atoms with van der Waals surface area (Å²) < 4.78 is 0. The van der Waals surface area contributed by atoms with Crippen LogP contribution < -0.4 is 4.90 Å². The fourth-order valence-electron chi connectivity index (χ4n) is 2.30. The summed E-state index contributed by atoms with van der Waals surface area (Å²) in [4.78, 5) is 10.9. The number of benzene rings is 1.